The van der Waals surface area contributed by atoms with Crippen LogP contribution in [0.4, 0.5) is 10.1 Å². The highest BCUT2D eigenvalue weighted by Gasteiger charge is 2.57. The Morgan fingerprint density at radius 3 is 2.27 bits per heavy atom. The van der Waals surface area contributed by atoms with E-state index < -0.39 is 32.8 Å². The van der Waals surface area contributed by atoms with Crippen molar-refractivity contribution < 1.29 is 41.8 Å². The molecule has 0 spiro atoms. The molecule has 3 rings (SSSR count). The number of nitrogens with two attached hydrogens (primary N) is 1. The van der Waals surface area contributed by atoms with E-state index in [1.807, 2.05) is 0 Å². The van der Waals surface area contributed by atoms with Crippen molar-refractivity contribution in [2.24, 2.45) is 0 Å². The maximum atomic E-state index is 14.5. The summed E-state index contributed by atoms with van der Waals surface area (Å²) < 4.78 is 58.9. The van der Waals surface area contributed by atoms with Gasteiger partial charge in [-0.1, -0.05) is 24.3 Å². The van der Waals surface area contributed by atoms with E-state index in [-0.39, 0.29) is 28.3 Å². The van der Waals surface area contributed by atoms with E-state index in [2.05, 4.69) is 0 Å². The average Bonchev–Trinajstić information content (AvgIpc) is 2.76. The highest BCUT2D eigenvalue weighted by Crippen LogP contribution is 2.43. The minimum Gasteiger partial charge on any atom is -0.494 e. The molecule has 174 valence electrons. The zero-order valence-electron chi connectivity index (χ0n) is 17.2. The zero-order chi connectivity index (χ0) is 24.4. The van der Waals surface area contributed by atoms with Crippen LogP contribution in [0.25, 0.3) is 0 Å². The summed E-state index contributed by atoms with van der Waals surface area (Å²) in [6, 6.07) is 15.4. The Hall–Kier alpha value is -3.67. The Morgan fingerprint density at radius 1 is 1.06 bits per heavy atom. The Morgan fingerprint density at radius 2 is 1.73 bits per heavy atom. The predicted molar refractivity (Wildman–Crippen MR) is 116 cm³/mol. The standard InChI is InChI=1S/C22H20FNO8S/c1-31-19-10-7-13(11-17(19)23)20(22(27,21(25)26)33(28,29)30)16-12-15(8-9-18(16)24)32-14-5-3-2-4-6-14/h2-12,20,27H,24H2,1H3,(H,25,26)(H,28,29,30)/t20-,22-/m0/s1. The second kappa shape index (κ2) is 9.06. The number of anilines is 1. The van der Waals surface area contributed by atoms with E-state index in [4.69, 9.17) is 15.2 Å². The van der Waals surface area contributed by atoms with Gasteiger partial charge in [-0.25, -0.2) is 9.18 Å². The van der Waals surface area contributed by atoms with Gasteiger partial charge in [0.2, 0.25) is 0 Å². The summed E-state index contributed by atoms with van der Waals surface area (Å²) in [4.78, 5) is 8.16. The summed E-state index contributed by atoms with van der Waals surface area (Å²) in [5.74, 6) is -4.99. The van der Waals surface area contributed by atoms with Crippen molar-refractivity contribution in [3.05, 3.63) is 83.7 Å². The number of carboxylic acid groups (broad SMARTS) is 1. The lowest BCUT2D eigenvalue weighted by Gasteiger charge is -2.31. The molecular weight excluding hydrogens is 457 g/mol. The molecule has 0 radical (unpaired) electrons. The summed E-state index contributed by atoms with van der Waals surface area (Å²) in [6.07, 6.45) is 0. The molecule has 0 amide bonds. The molecule has 0 aromatic heterocycles. The fourth-order valence-corrected chi connectivity index (χ4v) is 4.13. The Kier molecular flexibility index (Phi) is 6.58. The molecule has 0 unspecified atom stereocenters. The number of halogens is 1. The SMILES string of the molecule is COc1ccc([C@@H](c2cc(Oc3ccccc3)ccc2N)[C@@](O)(C(=O)O)S(=O)(=O)O)cc1F. The molecule has 33 heavy (non-hydrogen) atoms. The fraction of sp³-hybridized carbons (Fsp3) is 0.136. The number of hydrogen-bond donors (Lipinski definition) is 4. The largest absolute Gasteiger partial charge is 0.494 e. The zero-order valence-corrected chi connectivity index (χ0v) is 18.0. The average molecular weight is 477 g/mol. The van der Waals surface area contributed by atoms with E-state index in [1.54, 1.807) is 30.3 Å². The highest BCUT2D eigenvalue weighted by atomic mass is 32.2. The molecule has 0 fully saturated rings. The van der Waals surface area contributed by atoms with Crippen LogP contribution in [-0.4, -0.2) is 41.2 Å². The van der Waals surface area contributed by atoms with E-state index in [1.165, 1.54) is 25.3 Å². The summed E-state index contributed by atoms with van der Waals surface area (Å²) in [7, 11) is -4.47. The number of nitrogen functional groups attached to an aromatic ring is 1. The van der Waals surface area contributed by atoms with Crippen LogP contribution in [0.2, 0.25) is 0 Å². The number of carboxylic acids is 1. The van der Waals surface area contributed by atoms with Crippen LogP contribution in [0.3, 0.4) is 0 Å². The second-order valence-corrected chi connectivity index (χ2v) is 8.58. The molecule has 11 heteroatoms. The molecule has 2 atom stereocenters. The molecule has 0 saturated heterocycles. The number of para-hydroxylation sites is 1. The van der Waals surface area contributed by atoms with E-state index in [0.717, 1.165) is 18.2 Å². The fourth-order valence-electron chi connectivity index (χ4n) is 3.35. The first kappa shape index (κ1) is 24.0. The number of carbonyl (C=O) groups is 1. The van der Waals surface area contributed by atoms with Crippen LogP contribution in [0.1, 0.15) is 17.0 Å². The third kappa shape index (κ3) is 4.60. The molecule has 9 nitrogen and oxygen atoms in total. The van der Waals surface area contributed by atoms with Gasteiger partial charge in [0.15, 0.2) is 11.6 Å². The molecule has 0 heterocycles. The Labute approximate surface area is 188 Å². The first-order chi connectivity index (χ1) is 15.5. The molecule has 0 aliphatic rings. The van der Waals surface area contributed by atoms with Crippen LogP contribution in [0.5, 0.6) is 17.2 Å². The van der Waals surface area contributed by atoms with E-state index in [9.17, 15) is 32.4 Å². The van der Waals surface area contributed by atoms with Gasteiger partial charge in [-0.3, -0.25) is 4.55 Å². The maximum absolute atomic E-state index is 14.5. The van der Waals surface area contributed by atoms with Crippen molar-refractivity contribution in [3.63, 3.8) is 0 Å². The number of rotatable bonds is 8. The number of aliphatic carboxylic acids is 1. The number of methoxy groups -OCH3 is 1. The van der Waals surface area contributed by atoms with Crippen molar-refractivity contribution in [1.29, 1.82) is 0 Å². The summed E-state index contributed by atoms with van der Waals surface area (Å²) in [5.41, 5.74) is 5.32. The van der Waals surface area contributed by atoms with Gasteiger partial charge in [0.05, 0.1) is 13.0 Å². The van der Waals surface area contributed by atoms with Gasteiger partial charge < -0.3 is 25.4 Å². The lowest BCUT2D eigenvalue weighted by Crippen LogP contribution is -2.51. The van der Waals surface area contributed by atoms with Gasteiger partial charge in [0, 0.05) is 5.69 Å². The van der Waals surface area contributed by atoms with Crippen LogP contribution >= 0.6 is 0 Å². The first-order valence-electron chi connectivity index (χ1n) is 9.37. The second-order valence-electron chi connectivity index (χ2n) is 7.01. The predicted octanol–water partition coefficient (Wildman–Crippen LogP) is 3.00. The molecule has 0 bridgehead atoms. The van der Waals surface area contributed by atoms with Crippen LogP contribution in [-0.2, 0) is 14.9 Å². The lowest BCUT2D eigenvalue weighted by atomic mass is 9.84. The van der Waals surface area contributed by atoms with E-state index in [0.29, 0.717) is 5.75 Å². The summed E-state index contributed by atoms with van der Waals surface area (Å²) in [6.45, 7) is 0. The van der Waals surface area contributed by atoms with Crippen LogP contribution in [0.15, 0.2) is 66.7 Å². The van der Waals surface area contributed by atoms with Crippen molar-refractivity contribution in [1.82, 2.24) is 0 Å². The number of aliphatic hydroxyl groups is 1. The number of hydrogen-bond acceptors (Lipinski definition) is 7. The quantitative estimate of drug-likeness (QED) is 0.283. The normalized spacial score (nSPS) is 14.2. The van der Waals surface area contributed by atoms with Gasteiger partial charge in [0.1, 0.15) is 11.5 Å². The van der Waals surface area contributed by atoms with Crippen molar-refractivity contribution in [2.45, 2.75) is 10.9 Å². The van der Waals surface area contributed by atoms with Gasteiger partial charge in [-0.15, -0.1) is 0 Å². The molecule has 0 saturated carbocycles. The molecule has 0 aliphatic heterocycles. The Bertz CT molecular complexity index is 1280. The number of benzene rings is 3. The number of ether oxygens (including phenoxy) is 2. The molecule has 3 aromatic carbocycles. The van der Waals surface area contributed by atoms with Crippen molar-refractivity contribution >= 4 is 21.8 Å². The smallest absolute Gasteiger partial charge is 0.355 e. The van der Waals surface area contributed by atoms with Gasteiger partial charge >= 0.3 is 16.1 Å². The summed E-state index contributed by atoms with van der Waals surface area (Å²) >= 11 is 0. The lowest BCUT2D eigenvalue weighted by molar-refractivity contribution is -0.151. The van der Waals surface area contributed by atoms with Crippen LogP contribution in [0, 0.1) is 5.82 Å². The van der Waals surface area contributed by atoms with Gasteiger partial charge in [-0.05, 0) is 53.6 Å². The van der Waals surface area contributed by atoms with Crippen molar-refractivity contribution in [2.75, 3.05) is 12.8 Å². The maximum Gasteiger partial charge on any atom is 0.355 e. The van der Waals surface area contributed by atoms with Crippen LogP contribution < -0.4 is 15.2 Å². The minimum atomic E-state index is -5.67. The van der Waals surface area contributed by atoms with Gasteiger partial charge in [-0.2, -0.15) is 8.42 Å². The topological polar surface area (TPSA) is 156 Å². The monoisotopic (exact) mass is 477 g/mol. The van der Waals surface area contributed by atoms with Gasteiger partial charge in [0.25, 0.3) is 4.93 Å². The third-order valence-electron chi connectivity index (χ3n) is 4.95. The third-order valence-corrected chi connectivity index (χ3v) is 6.15. The molecule has 3 aromatic rings. The van der Waals surface area contributed by atoms with E-state index >= 15 is 0 Å². The molecular formula is C22H20FNO8S. The first-order valence-corrected chi connectivity index (χ1v) is 10.8. The van der Waals surface area contributed by atoms with Crippen molar-refractivity contribution in [3.8, 4) is 17.2 Å². The molecule has 0 aliphatic carbocycles. The Balaban J connectivity index is 2.27. The molecule has 5 N–H and O–H groups in total. The highest BCUT2D eigenvalue weighted by molar-refractivity contribution is 7.87. The minimum absolute atomic E-state index is 0.118. The summed E-state index contributed by atoms with van der Waals surface area (Å²) in [5, 5.41) is 20.5.